The maximum Gasteiger partial charge on any atom is 0.369 e. The van der Waals surface area contributed by atoms with Gasteiger partial charge in [0.1, 0.15) is 0 Å². The maximum atomic E-state index is 5.59. The van der Waals surface area contributed by atoms with Crippen molar-refractivity contribution in [3.8, 4) is 12.3 Å². The van der Waals surface area contributed by atoms with E-state index in [1.165, 1.54) is 0 Å². The first-order chi connectivity index (χ1) is 6.73. The first kappa shape index (κ1) is 11.0. The number of terminal acetylenes is 1. The molecule has 0 fully saturated rings. The molecule has 0 N–H and O–H groups in total. The molecule has 2 nitrogen and oxygen atoms in total. The van der Waals surface area contributed by atoms with Crippen LogP contribution in [0.1, 0.15) is 0 Å². The fourth-order valence-corrected chi connectivity index (χ4v) is 2.86. The fraction of sp³-hybridized carbons (Fsp3) is 0.273. The lowest BCUT2D eigenvalue weighted by Crippen LogP contribution is -2.50. The van der Waals surface area contributed by atoms with Crippen molar-refractivity contribution in [3.63, 3.8) is 0 Å². The summed E-state index contributed by atoms with van der Waals surface area (Å²) in [6, 6.07) is 9.92. The van der Waals surface area contributed by atoms with Gasteiger partial charge in [-0.3, -0.25) is 0 Å². The molecular formula is C11H14O2Si. The molecule has 1 aromatic carbocycles. The Hall–Kier alpha value is -1.08. The van der Waals surface area contributed by atoms with Crippen molar-refractivity contribution in [1.82, 2.24) is 0 Å². The summed E-state index contributed by atoms with van der Waals surface area (Å²) in [4.78, 5) is 0. The smallest absolute Gasteiger partial charge is 0.369 e. The molecule has 3 heteroatoms. The average Bonchev–Trinajstić information content (AvgIpc) is 2.27. The second-order valence-corrected chi connectivity index (χ2v) is 6.17. The monoisotopic (exact) mass is 206 g/mol. The van der Waals surface area contributed by atoms with Crippen molar-refractivity contribution in [3.05, 3.63) is 30.3 Å². The summed E-state index contributed by atoms with van der Waals surface area (Å²) >= 11 is 0. The lowest BCUT2D eigenvalue weighted by atomic mass is 10.4. The lowest BCUT2D eigenvalue weighted by Gasteiger charge is -2.24. The van der Waals surface area contributed by atoms with Crippen LogP contribution in [0.3, 0.4) is 0 Å². The van der Waals surface area contributed by atoms with Crippen molar-refractivity contribution < 1.29 is 8.85 Å². The van der Waals surface area contributed by atoms with Crippen LogP contribution in [0, 0.1) is 12.3 Å². The topological polar surface area (TPSA) is 18.5 Å². The molecule has 0 saturated carbocycles. The number of rotatable bonds is 4. The first-order valence-electron chi connectivity index (χ1n) is 4.41. The SMILES string of the molecule is C#CCO[Si](C)(OC)c1ccccc1. The standard InChI is InChI=1S/C11H14O2Si/c1-4-10-13-14(3,12-2)11-8-6-5-7-9-11/h1,5-9H,10H2,2-3H3. The van der Waals surface area contributed by atoms with Crippen molar-refractivity contribution in [1.29, 1.82) is 0 Å². The molecule has 0 spiro atoms. The molecule has 0 aliphatic carbocycles. The van der Waals surface area contributed by atoms with Gasteiger partial charge in [0.2, 0.25) is 0 Å². The molecule has 1 unspecified atom stereocenters. The number of hydrogen-bond donors (Lipinski definition) is 0. The molecule has 0 amide bonds. The Balaban J connectivity index is 2.85. The van der Waals surface area contributed by atoms with Crippen LogP contribution in [-0.2, 0) is 8.85 Å². The van der Waals surface area contributed by atoms with Gasteiger partial charge in [-0.15, -0.1) is 6.42 Å². The van der Waals surface area contributed by atoms with E-state index in [-0.39, 0.29) is 0 Å². The minimum atomic E-state index is -2.26. The first-order valence-corrected chi connectivity index (χ1v) is 6.72. The van der Waals surface area contributed by atoms with E-state index < -0.39 is 8.56 Å². The summed E-state index contributed by atoms with van der Waals surface area (Å²) in [5.74, 6) is 2.46. The molecule has 0 aliphatic heterocycles. The zero-order valence-corrected chi connectivity index (χ0v) is 9.49. The van der Waals surface area contributed by atoms with Gasteiger partial charge in [-0.25, -0.2) is 0 Å². The highest BCUT2D eigenvalue weighted by Crippen LogP contribution is 2.05. The lowest BCUT2D eigenvalue weighted by molar-refractivity contribution is 0.244. The molecule has 1 atom stereocenters. The van der Waals surface area contributed by atoms with Gasteiger partial charge in [0.15, 0.2) is 0 Å². The van der Waals surface area contributed by atoms with Gasteiger partial charge in [0.05, 0.1) is 6.61 Å². The van der Waals surface area contributed by atoms with E-state index in [1.54, 1.807) is 7.11 Å². The van der Waals surface area contributed by atoms with Gasteiger partial charge in [-0.2, -0.15) is 0 Å². The highest BCUT2D eigenvalue weighted by molar-refractivity contribution is 6.79. The molecule has 0 aliphatic rings. The van der Waals surface area contributed by atoms with Crippen LogP contribution in [0.5, 0.6) is 0 Å². The van der Waals surface area contributed by atoms with E-state index in [0.717, 1.165) is 5.19 Å². The van der Waals surface area contributed by atoms with E-state index in [4.69, 9.17) is 15.3 Å². The average molecular weight is 206 g/mol. The molecule has 0 bridgehead atoms. The Bertz CT molecular complexity index is 318. The predicted octanol–water partition coefficient (Wildman–Crippen LogP) is 1.26. The Kier molecular flexibility index (Phi) is 3.90. The summed E-state index contributed by atoms with van der Waals surface area (Å²) in [6.07, 6.45) is 5.16. The molecule has 0 aromatic heterocycles. The third-order valence-electron chi connectivity index (χ3n) is 2.12. The van der Waals surface area contributed by atoms with Gasteiger partial charge in [0.25, 0.3) is 0 Å². The highest BCUT2D eigenvalue weighted by Gasteiger charge is 2.32. The molecule has 0 heterocycles. The summed E-state index contributed by atoms with van der Waals surface area (Å²) in [5, 5.41) is 1.10. The fourth-order valence-electron chi connectivity index (χ4n) is 1.18. The van der Waals surface area contributed by atoms with Crippen LogP contribution in [0.4, 0.5) is 0 Å². The second kappa shape index (κ2) is 4.96. The molecule has 1 aromatic rings. The van der Waals surface area contributed by atoms with Crippen molar-refractivity contribution in [2.75, 3.05) is 13.7 Å². The van der Waals surface area contributed by atoms with Crippen molar-refractivity contribution in [2.45, 2.75) is 6.55 Å². The molecule has 14 heavy (non-hydrogen) atoms. The maximum absolute atomic E-state index is 5.59. The number of benzene rings is 1. The van der Waals surface area contributed by atoms with Crippen molar-refractivity contribution in [2.24, 2.45) is 0 Å². The summed E-state index contributed by atoms with van der Waals surface area (Å²) in [7, 11) is -0.601. The third kappa shape index (κ3) is 2.45. The van der Waals surface area contributed by atoms with Crippen LogP contribution in [0.2, 0.25) is 6.55 Å². The largest absolute Gasteiger partial charge is 0.394 e. The van der Waals surface area contributed by atoms with E-state index in [1.807, 2.05) is 36.9 Å². The normalized spacial score (nSPS) is 14.4. The van der Waals surface area contributed by atoms with Crippen LogP contribution in [0.25, 0.3) is 0 Å². The molecule has 0 saturated heterocycles. The zero-order chi connectivity index (χ0) is 10.4. The minimum Gasteiger partial charge on any atom is -0.394 e. The Labute approximate surface area is 86.1 Å². The Morgan fingerprint density at radius 2 is 2.00 bits per heavy atom. The van der Waals surface area contributed by atoms with E-state index in [2.05, 4.69) is 5.92 Å². The Morgan fingerprint density at radius 1 is 1.36 bits per heavy atom. The highest BCUT2D eigenvalue weighted by atomic mass is 28.4. The van der Waals surface area contributed by atoms with E-state index in [9.17, 15) is 0 Å². The van der Waals surface area contributed by atoms with Crippen LogP contribution >= 0.6 is 0 Å². The third-order valence-corrected chi connectivity index (χ3v) is 4.97. The molecular weight excluding hydrogens is 192 g/mol. The molecule has 74 valence electrons. The zero-order valence-electron chi connectivity index (χ0n) is 8.49. The van der Waals surface area contributed by atoms with Gasteiger partial charge in [0, 0.05) is 7.11 Å². The van der Waals surface area contributed by atoms with Crippen LogP contribution < -0.4 is 5.19 Å². The second-order valence-electron chi connectivity index (χ2n) is 3.01. The van der Waals surface area contributed by atoms with E-state index in [0.29, 0.717) is 6.61 Å². The van der Waals surface area contributed by atoms with Gasteiger partial charge < -0.3 is 8.85 Å². The summed E-state index contributed by atoms with van der Waals surface area (Å²) in [5.41, 5.74) is 0. The van der Waals surface area contributed by atoms with Gasteiger partial charge >= 0.3 is 8.56 Å². The summed E-state index contributed by atoms with van der Waals surface area (Å²) < 4.78 is 11.0. The quantitative estimate of drug-likeness (QED) is 0.545. The molecule has 0 radical (unpaired) electrons. The van der Waals surface area contributed by atoms with Crippen LogP contribution in [-0.4, -0.2) is 22.3 Å². The van der Waals surface area contributed by atoms with Gasteiger partial charge in [-0.1, -0.05) is 36.3 Å². The minimum absolute atomic E-state index is 0.297. The summed E-state index contributed by atoms with van der Waals surface area (Å²) in [6.45, 7) is 2.28. The van der Waals surface area contributed by atoms with Crippen molar-refractivity contribution >= 4 is 13.7 Å². The van der Waals surface area contributed by atoms with E-state index >= 15 is 0 Å². The Morgan fingerprint density at radius 3 is 2.50 bits per heavy atom. The molecule has 1 rings (SSSR count). The predicted molar refractivity (Wildman–Crippen MR) is 59.5 cm³/mol. The van der Waals surface area contributed by atoms with Gasteiger partial charge in [-0.05, 0) is 11.7 Å². The van der Waals surface area contributed by atoms with Crippen LogP contribution in [0.15, 0.2) is 30.3 Å². The number of hydrogen-bond acceptors (Lipinski definition) is 2.